The maximum absolute atomic E-state index is 5.07. The Morgan fingerprint density at radius 3 is 2.72 bits per heavy atom. The fourth-order valence-electron chi connectivity index (χ4n) is 1.79. The van der Waals surface area contributed by atoms with E-state index in [-0.39, 0.29) is 0 Å². The van der Waals surface area contributed by atoms with E-state index in [1.807, 2.05) is 10.8 Å². The van der Waals surface area contributed by atoms with Gasteiger partial charge < -0.3 is 14.6 Å². The van der Waals surface area contributed by atoms with Gasteiger partial charge in [-0.15, -0.1) is 0 Å². The van der Waals surface area contributed by atoms with Gasteiger partial charge in [-0.25, -0.2) is 4.98 Å². The number of hydrogen-bond acceptors (Lipinski definition) is 3. The van der Waals surface area contributed by atoms with Crippen LogP contribution in [0.25, 0.3) is 5.69 Å². The van der Waals surface area contributed by atoms with E-state index < -0.39 is 0 Å². The van der Waals surface area contributed by atoms with Gasteiger partial charge in [-0.2, -0.15) is 0 Å². The molecule has 2 aromatic rings. The van der Waals surface area contributed by atoms with Gasteiger partial charge >= 0.3 is 0 Å². The molecule has 0 fully saturated rings. The number of benzene rings is 1. The Kier molecular flexibility index (Phi) is 4.36. The summed E-state index contributed by atoms with van der Waals surface area (Å²) in [5.74, 6) is 0. The molecule has 0 spiro atoms. The van der Waals surface area contributed by atoms with Crippen molar-refractivity contribution in [3.8, 4) is 5.69 Å². The van der Waals surface area contributed by atoms with E-state index in [0.29, 0.717) is 6.04 Å². The van der Waals surface area contributed by atoms with Gasteiger partial charge in [-0.05, 0) is 37.6 Å². The monoisotopic (exact) mass is 245 g/mol. The van der Waals surface area contributed by atoms with E-state index >= 15 is 0 Å². The van der Waals surface area contributed by atoms with Crippen LogP contribution in [0.1, 0.15) is 13.3 Å². The summed E-state index contributed by atoms with van der Waals surface area (Å²) in [5, 5.41) is 3.44. The van der Waals surface area contributed by atoms with Crippen LogP contribution in [0.5, 0.6) is 0 Å². The van der Waals surface area contributed by atoms with Crippen molar-refractivity contribution in [1.29, 1.82) is 0 Å². The number of ether oxygens (including phenoxy) is 1. The Hall–Kier alpha value is -1.81. The van der Waals surface area contributed by atoms with Gasteiger partial charge in [0.15, 0.2) is 0 Å². The number of rotatable bonds is 6. The molecule has 18 heavy (non-hydrogen) atoms. The zero-order chi connectivity index (χ0) is 12.8. The van der Waals surface area contributed by atoms with Crippen molar-refractivity contribution in [3.63, 3.8) is 0 Å². The lowest BCUT2D eigenvalue weighted by molar-refractivity contribution is 0.191. The number of aromatic nitrogens is 2. The quantitative estimate of drug-likeness (QED) is 0.850. The number of anilines is 1. The smallest absolute Gasteiger partial charge is 0.0991 e. The second kappa shape index (κ2) is 6.21. The first-order chi connectivity index (χ1) is 8.79. The average molecular weight is 245 g/mol. The average Bonchev–Trinajstić information content (AvgIpc) is 2.91. The molecule has 0 aliphatic heterocycles. The number of nitrogens with one attached hydrogen (secondary N) is 1. The molecule has 1 N–H and O–H groups in total. The number of methoxy groups -OCH3 is 1. The van der Waals surface area contributed by atoms with Crippen LogP contribution in [0, 0.1) is 0 Å². The molecule has 1 heterocycles. The van der Waals surface area contributed by atoms with Crippen LogP contribution in [0.3, 0.4) is 0 Å². The number of imidazole rings is 1. The fraction of sp³-hybridized carbons (Fsp3) is 0.357. The van der Waals surface area contributed by atoms with Crippen molar-refractivity contribution >= 4 is 5.69 Å². The standard InChI is InChI=1S/C14H19N3O/c1-12(7-10-18-2)16-13-3-5-14(6-4-13)17-9-8-15-11-17/h3-6,8-9,11-12,16H,7,10H2,1-2H3/t12-/m0/s1. The molecule has 0 aliphatic rings. The Labute approximate surface area is 108 Å². The minimum atomic E-state index is 0.407. The summed E-state index contributed by atoms with van der Waals surface area (Å²) in [6.07, 6.45) is 6.51. The van der Waals surface area contributed by atoms with Gasteiger partial charge in [-0.1, -0.05) is 0 Å². The molecule has 1 aromatic carbocycles. The molecule has 0 aliphatic carbocycles. The van der Waals surface area contributed by atoms with Gasteiger partial charge in [0.25, 0.3) is 0 Å². The van der Waals surface area contributed by atoms with Crippen molar-refractivity contribution in [2.24, 2.45) is 0 Å². The maximum atomic E-state index is 5.07. The third kappa shape index (κ3) is 3.34. The van der Waals surface area contributed by atoms with E-state index in [0.717, 1.165) is 24.4 Å². The predicted molar refractivity (Wildman–Crippen MR) is 73.1 cm³/mol. The third-order valence-electron chi connectivity index (χ3n) is 2.84. The second-order valence-electron chi connectivity index (χ2n) is 4.34. The summed E-state index contributed by atoms with van der Waals surface area (Å²) >= 11 is 0. The lowest BCUT2D eigenvalue weighted by Gasteiger charge is -2.15. The molecule has 0 amide bonds. The van der Waals surface area contributed by atoms with Crippen molar-refractivity contribution in [2.45, 2.75) is 19.4 Å². The largest absolute Gasteiger partial charge is 0.385 e. The first kappa shape index (κ1) is 12.6. The SMILES string of the molecule is COCC[C@H](C)Nc1ccc(-n2ccnc2)cc1. The zero-order valence-electron chi connectivity index (χ0n) is 10.8. The van der Waals surface area contributed by atoms with Crippen LogP contribution in [0.2, 0.25) is 0 Å². The molecule has 2 rings (SSSR count). The van der Waals surface area contributed by atoms with Gasteiger partial charge in [-0.3, -0.25) is 0 Å². The summed E-state index contributed by atoms with van der Waals surface area (Å²) in [6.45, 7) is 2.93. The molecule has 0 unspecified atom stereocenters. The first-order valence-corrected chi connectivity index (χ1v) is 6.13. The molecule has 1 aromatic heterocycles. The Balaban J connectivity index is 1.95. The van der Waals surface area contributed by atoms with Crippen LogP contribution in [-0.2, 0) is 4.74 Å². The van der Waals surface area contributed by atoms with E-state index in [1.54, 1.807) is 19.6 Å². The van der Waals surface area contributed by atoms with E-state index in [2.05, 4.69) is 41.5 Å². The molecule has 4 nitrogen and oxygen atoms in total. The van der Waals surface area contributed by atoms with Crippen LogP contribution in [0.15, 0.2) is 43.0 Å². The van der Waals surface area contributed by atoms with E-state index in [1.165, 1.54) is 0 Å². The summed E-state index contributed by atoms with van der Waals surface area (Å²) < 4.78 is 7.05. The van der Waals surface area contributed by atoms with E-state index in [4.69, 9.17) is 4.74 Å². The molecule has 0 saturated heterocycles. The molecular formula is C14H19N3O. The number of nitrogens with zero attached hydrogens (tertiary/aromatic N) is 2. The van der Waals surface area contributed by atoms with Crippen molar-refractivity contribution in [2.75, 3.05) is 19.0 Å². The molecule has 1 atom stereocenters. The summed E-state index contributed by atoms with van der Waals surface area (Å²) in [6, 6.07) is 8.72. The highest BCUT2D eigenvalue weighted by Crippen LogP contribution is 2.14. The van der Waals surface area contributed by atoms with Crippen LogP contribution < -0.4 is 5.32 Å². The molecule has 0 radical (unpaired) electrons. The second-order valence-corrected chi connectivity index (χ2v) is 4.34. The zero-order valence-corrected chi connectivity index (χ0v) is 10.8. The third-order valence-corrected chi connectivity index (χ3v) is 2.84. The normalized spacial score (nSPS) is 12.3. The maximum Gasteiger partial charge on any atom is 0.0991 e. The van der Waals surface area contributed by atoms with Crippen molar-refractivity contribution in [3.05, 3.63) is 43.0 Å². The van der Waals surface area contributed by atoms with Crippen molar-refractivity contribution in [1.82, 2.24) is 9.55 Å². The van der Waals surface area contributed by atoms with E-state index in [9.17, 15) is 0 Å². The predicted octanol–water partition coefficient (Wildman–Crippen LogP) is 2.71. The van der Waals surface area contributed by atoms with Gasteiger partial charge in [0, 0.05) is 43.5 Å². The number of hydrogen-bond donors (Lipinski definition) is 1. The topological polar surface area (TPSA) is 39.1 Å². The molecular weight excluding hydrogens is 226 g/mol. The van der Waals surface area contributed by atoms with Crippen molar-refractivity contribution < 1.29 is 4.74 Å². The highest BCUT2D eigenvalue weighted by molar-refractivity contribution is 5.49. The fourth-order valence-corrected chi connectivity index (χ4v) is 1.79. The molecule has 96 valence electrons. The minimum Gasteiger partial charge on any atom is -0.385 e. The van der Waals surface area contributed by atoms with Crippen LogP contribution in [-0.4, -0.2) is 29.3 Å². The Morgan fingerprint density at radius 2 is 2.11 bits per heavy atom. The summed E-state index contributed by atoms with van der Waals surface area (Å²) in [7, 11) is 1.73. The van der Waals surface area contributed by atoms with Gasteiger partial charge in [0.05, 0.1) is 6.33 Å². The van der Waals surface area contributed by atoms with Gasteiger partial charge in [0.2, 0.25) is 0 Å². The lowest BCUT2D eigenvalue weighted by Crippen LogP contribution is -2.17. The molecule has 4 heteroatoms. The van der Waals surface area contributed by atoms with Crippen LogP contribution >= 0.6 is 0 Å². The highest BCUT2D eigenvalue weighted by atomic mass is 16.5. The lowest BCUT2D eigenvalue weighted by atomic mass is 10.2. The highest BCUT2D eigenvalue weighted by Gasteiger charge is 2.02. The molecule has 0 bridgehead atoms. The first-order valence-electron chi connectivity index (χ1n) is 6.13. The Morgan fingerprint density at radius 1 is 1.33 bits per heavy atom. The van der Waals surface area contributed by atoms with Crippen LogP contribution in [0.4, 0.5) is 5.69 Å². The van der Waals surface area contributed by atoms with Gasteiger partial charge in [0.1, 0.15) is 0 Å². The summed E-state index contributed by atoms with van der Waals surface area (Å²) in [5.41, 5.74) is 2.24. The summed E-state index contributed by atoms with van der Waals surface area (Å²) in [4.78, 5) is 4.04. The Bertz CT molecular complexity index is 450. The molecule has 0 saturated carbocycles. The minimum absolute atomic E-state index is 0.407.